The van der Waals surface area contributed by atoms with E-state index in [4.69, 9.17) is 9.47 Å². The second kappa shape index (κ2) is 11.0. The van der Waals surface area contributed by atoms with Gasteiger partial charge in [-0.3, -0.25) is 0 Å². The Labute approximate surface area is 187 Å². The summed E-state index contributed by atoms with van der Waals surface area (Å²) < 4.78 is 11.1. The van der Waals surface area contributed by atoms with Crippen LogP contribution in [-0.2, 0) is 0 Å². The molecule has 0 bridgehead atoms. The van der Waals surface area contributed by atoms with Crippen LogP contribution in [0.1, 0.15) is 61.4 Å². The average Bonchev–Trinajstić information content (AvgIpc) is 2.78. The molecule has 0 saturated carbocycles. The first-order chi connectivity index (χ1) is 15.0. The number of aryl methyl sites for hydroxylation is 1. The second-order valence-electron chi connectivity index (χ2n) is 8.57. The fourth-order valence-electron chi connectivity index (χ4n) is 3.93. The molecule has 0 amide bonds. The molecular formula is C28H36NO2+. The van der Waals surface area contributed by atoms with E-state index < -0.39 is 0 Å². The summed E-state index contributed by atoms with van der Waals surface area (Å²) in [5.41, 5.74) is 5.32. The molecule has 2 atom stereocenters. The zero-order valence-electron chi connectivity index (χ0n) is 19.5. The number of ether oxygens (including phenoxy) is 2. The van der Waals surface area contributed by atoms with E-state index in [1.54, 1.807) is 7.11 Å². The van der Waals surface area contributed by atoms with Gasteiger partial charge in [-0.1, -0.05) is 42.0 Å². The van der Waals surface area contributed by atoms with Crippen molar-refractivity contribution in [2.75, 3.05) is 13.7 Å². The Kier molecular flexibility index (Phi) is 8.13. The largest absolute Gasteiger partial charge is 0.497 e. The molecule has 3 heteroatoms. The van der Waals surface area contributed by atoms with Gasteiger partial charge in [0.25, 0.3) is 0 Å². The first kappa shape index (κ1) is 22.9. The molecule has 164 valence electrons. The predicted molar refractivity (Wildman–Crippen MR) is 128 cm³/mol. The van der Waals surface area contributed by atoms with Crippen LogP contribution in [0.3, 0.4) is 0 Å². The van der Waals surface area contributed by atoms with Crippen molar-refractivity contribution in [2.45, 2.75) is 52.2 Å². The zero-order valence-corrected chi connectivity index (χ0v) is 19.5. The van der Waals surface area contributed by atoms with Crippen LogP contribution in [0, 0.1) is 6.92 Å². The molecule has 31 heavy (non-hydrogen) atoms. The molecule has 0 fully saturated rings. The molecule has 0 aromatic heterocycles. The average molecular weight is 419 g/mol. The molecular weight excluding hydrogens is 382 g/mol. The van der Waals surface area contributed by atoms with Gasteiger partial charge < -0.3 is 14.8 Å². The third kappa shape index (κ3) is 6.60. The van der Waals surface area contributed by atoms with Crippen LogP contribution < -0.4 is 14.8 Å². The summed E-state index contributed by atoms with van der Waals surface area (Å²) in [6, 6.07) is 26.4. The maximum atomic E-state index is 5.83. The first-order valence-corrected chi connectivity index (χ1v) is 11.3. The quantitative estimate of drug-likeness (QED) is 0.463. The normalized spacial score (nSPS) is 13.1. The number of nitrogens with two attached hydrogens (primary N) is 1. The zero-order chi connectivity index (χ0) is 22.2. The highest BCUT2D eigenvalue weighted by atomic mass is 16.5. The minimum atomic E-state index is 0.188. The van der Waals surface area contributed by atoms with Crippen molar-refractivity contribution in [3.63, 3.8) is 0 Å². The Balaban J connectivity index is 1.70. The van der Waals surface area contributed by atoms with E-state index in [1.165, 1.54) is 22.3 Å². The first-order valence-electron chi connectivity index (χ1n) is 11.3. The van der Waals surface area contributed by atoms with E-state index in [9.17, 15) is 0 Å². The lowest BCUT2D eigenvalue weighted by Gasteiger charge is -2.20. The summed E-state index contributed by atoms with van der Waals surface area (Å²) >= 11 is 0. The Bertz CT molecular complexity index is 915. The monoisotopic (exact) mass is 418 g/mol. The molecule has 0 heterocycles. The van der Waals surface area contributed by atoms with Crippen molar-refractivity contribution in [3.05, 3.63) is 95.1 Å². The SMILES string of the molecule is COc1ccc([C@@H](C)[NH2+]CC[C@@H](c2ccc(C)cc2)c2ccc(OC(C)C)cc2)cc1. The number of hydrogen-bond donors (Lipinski definition) is 1. The van der Waals surface area contributed by atoms with E-state index in [0.717, 1.165) is 24.5 Å². The summed E-state index contributed by atoms with van der Waals surface area (Å²) in [6.07, 6.45) is 1.27. The molecule has 3 aromatic carbocycles. The van der Waals surface area contributed by atoms with Crippen molar-refractivity contribution in [3.8, 4) is 11.5 Å². The molecule has 0 unspecified atom stereocenters. The smallest absolute Gasteiger partial charge is 0.119 e. The Hall–Kier alpha value is -2.78. The Morgan fingerprint density at radius 2 is 1.23 bits per heavy atom. The van der Waals surface area contributed by atoms with Crippen LogP contribution in [0.4, 0.5) is 0 Å². The van der Waals surface area contributed by atoms with Gasteiger partial charge in [-0.2, -0.15) is 0 Å². The summed E-state index contributed by atoms with van der Waals surface area (Å²) in [7, 11) is 1.71. The summed E-state index contributed by atoms with van der Waals surface area (Å²) in [5, 5.41) is 2.43. The van der Waals surface area contributed by atoms with Gasteiger partial charge in [0, 0.05) is 17.9 Å². The van der Waals surface area contributed by atoms with Gasteiger partial charge in [0.1, 0.15) is 17.5 Å². The van der Waals surface area contributed by atoms with Crippen LogP contribution >= 0.6 is 0 Å². The number of hydrogen-bond acceptors (Lipinski definition) is 2. The summed E-state index contributed by atoms with van der Waals surface area (Å²) in [5.74, 6) is 2.20. The fraction of sp³-hybridized carbons (Fsp3) is 0.357. The Morgan fingerprint density at radius 1 is 0.710 bits per heavy atom. The molecule has 0 saturated heterocycles. The van der Waals surface area contributed by atoms with Crippen LogP contribution in [-0.4, -0.2) is 19.8 Å². The van der Waals surface area contributed by atoms with E-state index in [1.807, 2.05) is 12.1 Å². The lowest BCUT2D eigenvalue weighted by molar-refractivity contribution is -0.693. The van der Waals surface area contributed by atoms with Crippen molar-refractivity contribution in [1.82, 2.24) is 0 Å². The highest BCUT2D eigenvalue weighted by Gasteiger charge is 2.17. The summed E-state index contributed by atoms with van der Waals surface area (Å²) in [4.78, 5) is 0. The van der Waals surface area contributed by atoms with Gasteiger partial charge in [-0.15, -0.1) is 0 Å². The molecule has 0 aliphatic rings. The van der Waals surface area contributed by atoms with Crippen molar-refractivity contribution in [2.24, 2.45) is 0 Å². The molecule has 2 N–H and O–H groups in total. The Morgan fingerprint density at radius 3 is 1.77 bits per heavy atom. The van der Waals surface area contributed by atoms with Gasteiger partial charge in [-0.05, 0) is 75.2 Å². The fourth-order valence-corrected chi connectivity index (χ4v) is 3.93. The number of benzene rings is 3. The molecule has 3 rings (SSSR count). The number of quaternary nitrogens is 1. The third-order valence-corrected chi connectivity index (χ3v) is 5.75. The summed E-state index contributed by atoms with van der Waals surface area (Å²) in [6.45, 7) is 9.57. The predicted octanol–water partition coefficient (Wildman–Crippen LogP) is 5.64. The van der Waals surface area contributed by atoms with Crippen LogP contribution in [0.25, 0.3) is 0 Å². The van der Waals surface area contributed by atoms with E-state index >= 15 is 0 Å². The van der Waals surface area contributed by atoms with Crippen LogP contribution in [0.15, 0.2) is 72.8 Å². The minimum absolute atomic E-state index is 0.188. The minimum Gasteiger partial charge on any atom is -0.497 e. The topological polar surface area (TPSA) is 35.1 Å². The van der Waals surface area contributed by atoms with Gasteiger partial charge in [0.05, 0.1) is 19.8 Å². The molecule has 0 aliphatic carbocycles. The molecule has 0 radical (unpaired) electrons. The molecule has 0 spiro atoms. The molecule has 0 aliphatic heterocycles. The van der Waals surface area contributed by atoms with Crippen molar-refractivity contribution < 1.29 is 14.8 Å². The van der Waals surface area contributed by atoms with Crippen LogP contribution in [0.5, 0.6) is 11.5 Å². The van der Waals surface area contributed by atoms with Crippen molar-refractivity contribution >= 4 is 0 Å². The molecule has 3 aromatic rings. The van der Waals surface area contributed by atoms with Crippen LogP contribution in [0.2, 0.25) is 0 Å². The lowest BCUT2D eigenvalue weighted by atomic mass is 9.88. The molecule has 3 nitrogen and oxygen atoms in total. The highest BCUT2D eigenvalue weighted by Crippen LogP contribution is 2.29. The number of methoxy groups -OCH3 is 1. The van der Waals surface area contributed by atoms with Gasteiger partial charge in [0.15, 0.2) is 0 Å². The van der Waals surface area contributed by atoms with Gasteiger partial charge in [0.2, 0.25) is 0 Å². The van der Waals surface area contributed by atoms with Gasteiger partial charge >= 0.3 is 0 Å². The van der Waals surface area contributed by atoms with E-state index in [-0.39, 0.29) is 6.10 Å². The van der Waals surface area contributed by atoms with Gasteiger partial charge in [-0.25, -0.2) is 0 Å². The maximum Gasteiger partial charge on any atom is 0.119 e. The number of rotatable bonds is 10. The second-order valence-corrected chi connectivity index (χ2v) is 8.57. The lowest BCUT2D eigenvalue weighted by Crippen LogP contribution is -2.84. The standard InChI is InChI=1S/C28H35NO2/c1-20(2)31-27-16-12-25(13-17-27)28(24-8-6-21(3)7-9-24)18-19-29-22(4)23-10-14-26(30-5)15-11-23/h6-17,20,22,28-29H,18-19H2,1-5H3/p+1/t22-,28+/m1/s1. The van der Waals surface area contributed by atoms with E-state index in [2.05, 4.69) is 93.7 Å². The van der Waals surface area contributed by atoms with Crippen molar-refractivity contribution in [1.29, 1.82) is 0 Å². The highest BCUT2D eigenvalue weighted by molar-refractivity contribution is 5.37. The third-order valence-electron chi connectivity index (χ3n) is 5.75. The van der Waals surface area contributed by atoms with E-state index in [0.29, 0.717) is 12.0 Å². The maximum absolute atomic E-state index is 5.83.